The molecule has 5 nitrogen and oxygen atoms in total. The maximum absolute atomic E-state index is 12.1. The van der Waals surface area contributed by atoms with Crippen molar-refractivity contribution >= 4 is 11.6 Å². The molecule has 1 rings (SSSR count). The second kappa shape index (κ2) is 10.1. The first-order valence-electron chi connectivity index (χ1n) is 6.61. The van der Waals surface area contributed by atoms with Gasteiger partial charge in [-0.3, -0.25) is 9.79 Å². The van der Waals surface area contributed by atoms with Crippen molar-refractivity contribution in [3.8, 4) is 0 Å². The van der Waals surface area contributed by atoms with Crippen LogP contribution in [0.5, 0.6) is 0 Å². The molecule has 1 aromatic rings. The van der Waals surface area contributed by atoms with Crippen molar-refractivity contribution < 1.29 is 14.3 Å². The smallest absolute Gasteiger partial charge is 0.170 e. The third-order valence-electron chi connectivity index (χ3n) is 2.66. The number of rotatable bonds is 9. The molecule has 0 aliphatic carbocycles. The Kier molecular flexibility index (Phi) is 8.26. The van der Waals surface area contributed by atoms with Gasteiger partial charge in [0.25, 0.3) is 0 Å². The van der Waals surface area contributed by atoms with Gasteiger partial charge in [-0.2, -0.15) is 0 Å². The van der Waals surface area contributed by atoms with Gasteiger partial charge >= 0.3 is 0 Å². The van der Waals surface area contributed by atoms with Crippen LogP contribution in [0.3, 0.4) is 0 Å². The average molecular weight is 278 g/mol. The Morgan fingerprint density at radius 1 is 1.15 bits per heavy atom. The lowest BCUT2D eigenvalue weighted by atomic mass is 10.1. The minimum atomic E-state index is 0.0479. The minimum Gasteiger partial charge on any atom is -0.383 e. The highest BCUT2D eigenvalue weighted by Crippen LogP contribution is 2.03. The zero-order chi connectivity index (χ0) is 14.6. The van der Waals surface area contributed by atoms with Gasteiger partial charge < -0.3 is 14.8 Å². The van der Waals surface area contributed by atoms with E-state index in [9.17, 15) is 4.79 Å². The Hall–Kier alpha value is -1.72. The van der Waals surface area contributed by atoms with Crippen LogP contribution in [0.25, 0.3) is 0 Å². The Morgan fingerprint density at radius 2 is 1.85 bits per heavy atom. The molecule has 0 aliphatic rings. The second-order valence-corrected chi connectivity index (χ2v) is 4.21. The van der Waals surface area contributed by atoms with Gasteiger partial charge in [0.2, 0.25) is 0 Å². The summed E-state index contributed by atoms with van der Waals surface area (Å²) in [6.07, 6.45) is 0.261. The minimum absolute atomic E-state index is 0.0479. The number of Topliss-reactive ketones (excluding diaryl/α,β-unsaturated/α-hetero) is 1. The van der Waals surface area contributed by atoms with Gasteiger partial charge in [-0.15, -0.1) is 0 Å². The third kappa shape index (κ3) is 6.45. The molecule has 1 N–H and O–H groups in total. The van der Waals surface area contributed by atoms with Crippen LogP contribution in [0.15, 0.2) is 35.3 Å². The number of nitrogens with one attached hydrogen (secondary N) is 1. The molecule has 0 unspecified atom stereocenters. The third-order valence-corrected chi connectivity index (χ3v) is 2.66. The first kappa shape index (κ1) is 16.3. The second-order valence-electron chi connectivity index (χ2n) is 4.21. The lowest BCUT2D eigenvalue weighted by Gasteiger charge is -2.09. The summed E-state index contributed by atoms with van der Waals surface area (Å²) < 4.78 is 9.94. The molecule has 0 spiro atoms. The topological polar surface area (TPSA) is 59.9 Å². The van der Waals surface area contributed by atoms with Crippen LogP contribution in [0.4, 0.5) is 0 Å². The number of amidine groups is 1. The van der Waals surface area contributed by atoms with Gasteiger partial charge in [0, 0.05) is 26.3 Å². The van der Waals surface area contributed by atoms with Crippen LogP contribution in [0.1, 0.15) is 16.8 Å². The summed E-state index contributed by atoms with van der Waals surface area (Å²) in [6.45, 7) is 2.27. The quantitative estimate of drug-likeness (QED) is 0.322. The zero-order valence-electron chi connectivity index (χ0n) is 12.1. The molecule has 20 heavy (non-hydrogen) atoms. The molecular weight excluding hydrogens is 256 g/mol. The van der Waals surface area contributed by atoms with E-state index >= 15 is 0 Å². The number of benzene rings is 1. The first-order chi connectivity index (χ1) is 9.77. The number of ketones is 1. The molecular formula is C15H22N2O3. The van der Waals surface area contributed by atoms with Gasteiger partial charge in [-0.1, -0.05) is 30.3 Å². The van der Waals surface area contributed by atoms with E-state index in [0.717, 1.165) is 0 Å². The van der Waals surface area contributed by atoms with E-state index in [1.807, 2.05) is 30.3 Å². The van der Waals surface area contributed by atoms with Crippen molar-refractivity contribution in [1.29, 1.82) is 0 Å². The summed E-state index contributed by atoms with van der Waals surface area (Å²) in [5.74, 6) is 0.722. The summed E-state index contributed by atoms with van der Waals surface area (Å²) >= 11 is 0. The molecule has 0 atom stereocenters. The van der Waals surface area contributed by atoms with E-state index in [4.69, 9.17) is 9.47 Å². The van der Waals surface area contributed by atoms with Crippen molar-refractivity contribution in [2.45, 2.75) is 6.42 Å². The van der Waals surface area contributed by atoms with Crippen LogP contribution in [0.2, 0.25) is 0 Å². The summed E-state index contributed by atoms with van der Waals surface area (Å²) in [5, 5.41) is 3.13. The Morgan fingerprint density at radius 3 is 2.50 bits per heavy atom. The summed E-state index contributed by atoms with van der Waals surface area (Å²) in [5.41, 5.74) is 0.695. The Bertz CT molecular complexity index is 418. The molecule has 0 radical (unpaired) electrons. The Balaban J connectivity index is 2.58. The van der Waals surface area contributed by atoms with E-state index in [1.54, 1.807) is 14.2 Å². The average Bonchev–Trinajstić information content (AvgIpc) is 2.48. The molecule has 0 aliphatic heterocycles. The predicted molar refractivity (Wildman–Crippen MR) is 79.4 cm³/mol. The fourth-order valence-corrected chi connectivity index (χ4v) is 1.62. The predicted octanol–water partition coefficient (Wildman–Crippen LogP) is 1.54. The largest absolute Gasteiger partial charge is 0.383 e. The zero-order valence-corrected chi connectivity index (χ0v) is 12.1. The number of hydrogen-bond acceptors (Lipinski definition) is 4. The molecule has 0 aromatic heterocycles. The molecule has 5 heteroatoms. The summed E-state index contributed by atoms with van der Waals surface area (Å²) in [6, 6.07) is 9.22. The highest BCUT2D eigenvalue weighted by atomic mass is 16.5. The molecule has 110 valence electrons. The molecule has 0 saturated heterocycles. The molecule has 0 fully saturated rings. The van der Waals surface area contributed by atoms with Crippen LogP contribution >= 0.6 is 0 Å². The first-order valence-corrected chi connectivity index (χ1v) is 6.61. The van der Waals surface area contributed by atoms with Crippen LogP contribution < -0.4 is 5.32 Å². The highest BCUT2D eigenvalue weighted by Gasteiger charge is 2.09. The van der Waals surface area contributed by atoms with E-state index in [0.29, 0.717) is 37.7 Å². The van der Waals surface area contributed by atoms with Crippen LogP contribution in [0, 0.1) is 0 Å². The molecule has 0 heterocycles. The van der Waals surface area contributed by atoms with Gasteiger partial charge in [0.15, 0.2) is 5.78 Å². The lowest BCUT2D eigenvalue weighted by Crippen LogP contribution is -2.29. The monoisotopic (exact) mass is 278 g/mol. The number of aliphatic imine (C=N–C) groups is 1. The summed E-state index contributed by atoms with van der Waals surface area (Å²) in [4.78, 5) is 16.5. The van der Waals surface area contributed by atoms with Gasteiger partial charge in [0.1, 0.15) is 5.84 Å². The SMILES string of the molecule is COCCN=C(CC(=O)c1ccccc1)NCCOC. The lowest BCUT2D eigenvalue weighted by molar-refractivity contribution is 0.0999. The van der Waals surface area contributed by atoms with Crippen molar-refractivity contribution in [3.05, 3.63) is 35.9 Å². The fourth-order valence-electron chi connectivity index (χ4n) is 1.62. The van der Waals surface area contributed by atoms with E-state index < -0.39 is 0 Å². The number of nitrogens with zero attached hydrogens (tertiary/aromatic N) is 1. The molecule has 1 aromatic carbocycles. The van der Waals surface area contributed by atoms with Gasteiger partial charge in [0.05, 0.1) is 26.2 Å². The maximum atomic E-state index is 12.1. The number of methoxy groups -OCH3 is 2. The number of hydrogen-bond donors (Lipinski definition) is 1. The number of carbonyl (C=O) groups is 1. The van der Waals surface area contributed by atoms with E-state index in [1.165, 1.54) is 0 Å². The van der Waals surface area contributed by atoms with Crippen molar-refractivity contribution in [2.24, 2.45) is 4.99 Å². The van der Waals surface area contributed by atoms with Gasteiger partial charge in [-0.25, -0.2) is 0 Å². The molecule has 0 bridgehead atoms. The molecule has 0 amide bonds. The standard InChI is InChI=1S/C15H22N2O3/c1-19-10-8-16-15(17-9-11-20-2)12-14(18)13-6-4-3-5-7-13/h3-7H,8-12H2,1-2H3,(H,16,17). The van der Waals surface area contributed by atoms with Crippen molar-refractivity contribution in [1.82, 2.24) is 5.32 Å². The van der Waals surface area contributed by atoms with Crippen LogP contribution in [-0.4, -0.2) is 52.1 Å². The Labute approximate surface area is 120 Å². The summed E-state index contributed by atoms with van der Waals surface area (Å²) in [7, 11) is 3.27. The maximum Gasteiger partial charge on any atom is 0.170 e. The van der Waals surface area contributed by atoms with E-state index in [2.05, 4.69) is 10.3 Å². The number of carbonyl (C=O) groups excluding carboxylic acids is 1. The van der Waals surface area contributed by atoms with Crippen molar-refractivity contribution in [2.75, 3.05) is 40.5 Å². The normalized spacial score (nSPS) is 11.4. The fraction of sp³-hybridized carbons (Fsp3) is 0.467. The van der Waals surface area contributed by atoms with Crippen LogP contribution in [-0.2, 0) is 9.47 Å². The van der Waals surface area contributed by atoms with E-state index in [-0.39, 0.29) is 12.2 Å². The van der Waals surface area contributed by atoms with Gasteiger partial charge in [-0.05, 0) is 0 Å². The van der Waals surface area contributed by atoms with Crippen molar-refractivity contribution in [3.63, 3.8) is 0 Å². The number of ether oxygens (including phenoxy) is 2. The highest BCUT2D eigenvalue weighted by molar-refractivity contribution is 6.08. The molecule has 0 saturated carbocycles.